The highest BCUT2D eigenvalue weighted by Gasteiger charge is 2.10. The van der Waals surface area contributed by atoms with Crippen LogP contribution in [-0.4, -0.2) is 39.2 Å². The Morgan fingerprint density at radius 3 is 2.37 bits per heavy atom. The van der Waals surface area contributed by atoms with E-state index in [9.17, 15) is 9.59 Å². The van der Waals surface area contributed by atoms with Crippen LogP contribution in [0, 0.1) is 13.8 Å². The molecule has 1 N–H and O–H groups in total. The van der Waals surface area contributed by atoms with Crippen LogP contribution in [0.25, 0.3) is 0 Å². The molecule has 0 aromatic heterocycles. The van der Waals surface area contributed by atoms with E-state index < -0.39 is 5.97 Å². The largest absolute Gasteiger partial charge is 0.482 e. The summed E-state index contributed by atoms with van der Waals surface area (Å²) >= 11 is 0. The van der Waals surface area contributed by atoms with Gasteiger partial charge in [-0.15, -0.1) is 0 Å². The average Bonchev–Trinajstić information content (AvgIpc) is 2.66. The van der Waals surface area contributed by atoms with E-state index in [4.69, 9.17) is 9.47 Å². The molecule has 0 spiro atoms. The first kappa shape index (κ1) is 20.3. The van der Waals surface area contributed by atoms with Crippen molar-refractivity contribution in [2.45, 2.75) is 20.4 Å². The number of ether oxygens (including phenoxy) is 2. The zero-order valence-electron chi connectivity index (χ0n) is 16.2. The molecule has 0 unspecified atom stereocenters. The molecule has 27 heavy (non-hydrogen) atoms. The summed E-state index contributed by atoms with van der Waals surface area (Å²) in [5.41, 5.74) is 4.11. The molecule has 0 saturated carbocycles. The number of nitrogens with zero attached hydrogens (tertiary/aromatic N) is 1. The highest BCUT2D eigenvalue weighted by Crippen LogP contribution is 2.20. The van der Waals surface area contributed by atoms with Crippen molar-refractivity contribution in [3.05, 3.63) is 59.2 Å². The topological polar surface area (TPSA) is 67.9 Å². The Morgan fingerprint density at radius 1 is 1.00 bits per heavy atom. The molecule has 2 aromatic rings. The summed E-state index contributed by atoms with van der Waals surface area (Å²) in [6.45, 7) is 3.71. The third-order valence-electron chi connectivity index (χ3n) is 4.21. The Hall–Kier alpha value is -3.02. The van der Waals surface area contributed by atoms with Crippen LogP contribution in [0.4, 0.5) is 5.69 Å². The Labute approximate surface area is 160 Å². The number of hydrogen-bond donors (Lipinski definition) is 1. The summed E-state index contributed by atoms with van der Waals surface area (Å²) in [6, 6.07) is 13.5. The number of nitrogens with one attached hydrogen (secondary N) is 1. The maximum Gasteiger partial charge on any atom is 0.344 e. The maximum absolute atomic E-state index is 11.8. The van der Waals surface area contributed by atoms with Gasteiger partial charge < -0.3 is 19.7 Å². The molecule has 0 aliphatic rings. The van der Waals surface area contributed by atoms with E-state index >= 15 is 0 Å². The summed E-state index contributed by atoms with van der Waals surface area (Å²) in [6.07, 6.45) is 0. The number of carbonyl (C=O) groups is 2. The molecule has 0 saturated heterocycles. The van der Waals surface area contributed by atoms with E-state index in [1.807, 2.05) is 69.2 Å². The number of amides is 1. The molecule has 2 rings (SSSR count). The lowest BCUT2D eigenvalue weighted by Gasteiger charge is -2.13. The summed E-state index contributed by atoms with van der Waals surface area (Å²) in [5, 5.41) is 2.72. The second kappa shape index (κ2) is 9.62. The van der Waals surface area contributed by atoms with Crippen LogP contribution in [-0.2, 0) is 20.9 Å². The van der Waals surface area contributed by atoms with E-state index in [1.165, 1.54) is 0 Å². The minimum Gasteiger partial charge on any atom is -0.482 e. The number of aryl methyl sites for hydroxylation is 1. The van der Waals surface area contributed by atoms with E-state index in [1.54, 1.807) is 6.07 Å². The van der Waals surface area contributed by atoms with E-state index in [0.29, 0.717) is 12.3 Å². The van der Waals surface area contributed by atoms with Gasteiger partial charge in [0.1, 0.15) is 5.75 Å². The highest BCUT2D eigenvalue weighted by molar-refractivity contribution is 5.80. The van der Waals surface area contributed by atoms with E-state index in [0.717, 1.165) is 22.4 Å². The number of benzene rings is 2. The molecule has 0 bridgehead atoms. The molecule has 2 aromatic carbocycles. The fourth-order valence-corrected chi connectivity index (χ4v) is 2.37. The van der Waals surface area contributed by atoms with Crippen molar-refractivity contribution in [3.8, 4) is 5.75 Å². The van der Waals surface area contributed by atoms with Crippen LogP contribution in [0.2, 0.25) is 0 Å². The fourth-order valence-electron chi connectivity index (χ4n) is 2.37. The lowest BCUT2D eigenvalue weighted by atomic mass is 10.1. The number of esters is 1. The van der Waals surface area contributed by atoms with Gasteiger partial charge in [0.25, 0.3) is 5.91 Å². The minimum absolute atomic E-state index is 0.233. The molecule has 0 aliphatic carbocycles. The molecule has 0 atom stereocenters. The monoisotopic (exact) mass is 370 g/mol. The van der Waals surface area contributed by atoms with Crippen molar-refractivity contribution in [1.82, 2.24) is 5.32 Å². The van der Waals surface area contributed by atoms with Crippen molar-refractivity contribution in [1.29, 1.82) is 0 Å². The summed E-state index contributed by atoms with van der Waals surface area (Å²) in [7, 11) is 3.93. The maximum atomic E-state index is 11.8. The molecule has 0 heterocycles. The first-order chi connectivity index (χ1) is 12.9. The molecule has 0 aliphatic heterocycles. The highest BCUT2D eigenvalue weighted by atomic mass is 16.6. The van der Waals surface area contributed by atoms with Gasteiger partial charge in [0.15, 0.2) is 13.2 Å². The lowest BCUT2D eigenvalue weighted by Crippen LogP contribution is -2.29. The van der Waals surface area contributed by atoms with Crippen molar-refractivity contribution in [2.75, 3.05) is 32.2 Å². The summed E-state index contributed by atoms with van der Waals surface area (Å²) in [5.74, 6) is -0.300. The Kier molecular flexibility index (Phi) is 7.23. The number of rotatable bonds is 8. The van der Waals surface area contributed by atoms with E-state index in [2.05, 4.69) is 5.32 Å². The SMILES string of the molecule is Cc1cccc(OCC(=O)OCC(=O)NCc2ccc(N(C)C)cc2)c1C. The molecule has 6 heteroatoms. The second-order valence-electron chi connectivity index (χ2n) is 6.49. The van der Waals surface area contributed by atoms with Gasteiger partial charge in [-0.25, -0.2) is 4.79 Å². The first-order valence-corrected chi connectivity index (χ1v) is 8.74. The fraction of sp³-hybridized carbons (Fsp3) is 0.333. The zero-order chi connectivity index (χ0) is 19.8. The van der Waals surface area contributed by atoms with Crippen molar-refractivity contribution in [2.24, 2.45) is 0 Å². The molecule has 1 amide bonds. The normalized spacial score (nSPS) is 10.2. The molecular weight excluding hydrogens is 344 g/mol. The smallest absolute Gasteiger partial charge is 0.344 e. The van der Waals surface area contributed by atoms with Crippen molar-refractivity contribution < 1.29 is 19.1 Å². The van der Waals surface area contributed by atoms with Gasteiger partial charge in [-0.1, -0.05) is 24.3 Å². The van der Waals surface area contributed by atoms with Crippen LogP contribution in [0.15, 0.2) is 42.5 Å². The van der Waals surface area contributed by atoms with Gasteiger partial charge in [-0.2, -0.15) is 0 Å². The van der Waals surface area contributed by atoms with Crippen LogP contribution >= 0.6 is 0 Å². The first-order valence-electron chi connectivity index (χ1n) is 8.74. The third-order valence-corrected chi connectivity index (χ3v) is 4.21. The predicted molar refractivity (Wildman–Crippen MR) is 105 cm³/mol. The minimum atomic E-state index is -0.582. The summed E-state index contributed by atoms with van der Waals surface area (Å²) in [4.78, 5) is 25.6. The number of anilines is 1. The Bertz CT molecular complexity index is 785. The van der Waals surface area contributed by atoms with Gasteiger partial charge in [0, 0.05) is 26.3 Å². The van der Waals surface area contributed by atoms with Gasteiger partial charge in [0.2, 0.25) is 0 Å². The molecule has 6 nitrogen and oxygen atoms in total. The number of hydrogen-bond acceptors (Lipinski definition) is 5. The van der Waals surface area contributed by atoms with E-state index in [-0.39, 0.29) is 19.1 Å². The van der Waals surface area contributed by atoms with Crippen LogP contribution in [0.1, 0.15) is 16.7 Å². The van der Waals surface area contributed by atoms with Crippen LogP contribution in [0.3, 0.4) is 0 Å². The van der Waals surface area contributed by atoms with Gasteiger partial charge >= 0.3 is 5.97 Å². The molecule has 0 radical (unpaired) electrons. The average molecular weight is 370 g/mol. The molecule has 144 valence electrons. The number of carbonyl (C=O) groups excluding carboxylic acids is 2. The second-order valence-corrected chi connectivity index (χ2v) is 6.49. The predicted octanol–water partition coefficient (Wildman–Crippen LogP) is 2.61. The lowest BCUT2D eigenvalue weighted by molar-refractivity contribution is -0.150. The van der Waals surface area contributed by atoms with Gasteiger partial charge in [0.05, 0.1) is 0 Å². The molecule has 0 fully saturated rings. The van der Waals surface area contributed by atoms with Crippen molar-refractivity contribution in [3.63, 3.8) is 0 Å². The third kappa shape index (κ3) is 6.33. The quantitative estimate of drug-likeness (QED) is 0.724. The van der Waals surface area contributed by atoms with Crippen LogP contribution in [0.5, 0.6) is 5.75 Å². The van der Waals surface area contributed by atoms with Gasteiger partial charge in [-0.3, -0.25) is 4.79 Å². The van der Waals surface area contributed by atoms with Gasteiger partial charge in [-0.05, 0) is 48.7 Å². The van der Waals surface area contributed by atoms with Crippen LogP contribution < -0.4 is 15.0 Å². The van der Waals surface area contributed by atoms with Crippen molar-refractivity contribution >= 4 is 17.6 Å². The standard InChI is InChI=1S/C21H26N2O4/c1-15-6-5-7-19(16(15)2)26-14-21(25)27-13-20(24)22-12-17-8-10-18(11-9-17)23(3)4/h5-11H,12-14H2,1-4H3,(H,22,24). The molecular formula is C21H26N2O4. The Morgan fingerprint density at radius 2 is 1.70 bits per heavy atom. The Balaban J connectivity index is 1.70. The zero-order valence-corrected chi connectivity index (χ0v) is 16.2. The summed E-state index contributed by atoms with van der Waals surface area (Å²) < 4.78 is 10.4.